The Labute approximate surface area is 111 Å². The number of hydrogen-bond donors (Lipinski definition) is 2. The van der Waals surface area contributed by atoms with E-state index in [1.165, 1.54) is 0 Å². The number of nitrogens with zero attached hydrogens (tertiary/aromatic N) is 2. The number of hydrazine groups is 1. The molecule has 100 valence electrons. The number of ether oxygens (including phenoxy) is 1. The first kappa shape index (κ1) is 13.1. The molecule has 0 spiro atoms. The van der Waals surface area contributed by atoms with Crippen molar-refractivity contribution >= 4 is 5.91 Å². The zero-order valence-electron chi connectivity index (χ0n) is 10.7. The van der Waals surface area contributed by atoms with Gasteiger partial charge in [-0.05, 0) is 19.1 Å². The fourth-order valence-electron chi connectivity index (χ4n) is 1.75. The van der Waals surface area contributed by atoms with Gasteiger partial charge in [-0.25, -0.2) is 10.8 Å². The largest absolute Gasteiger partial charge is 0.491 e. The number of rotatable bonds is 5. The number of hydrogen-bond acceptors (Lipinski definition) is 4. The van der Waals surface area contributed by atoms with E-state index in [1.54, 1.807) is 24.4 Å². The molecule has 6 heteroatoms. The Kier molecular flexibility index (Phi) is 4.15. The quantitative estimate of drug-likeness (QED) is 0.475. The molecule has 0 aliphatic rings. The van der Waals surface area contributed by atoms with Crippen molar-refractivity contribution in [2.24, 2.45) is 5.84 Å². The van der Waals surface area contributed by atoms with Crippen molar-refractivity contribution in [1.82, 2.24) is 15.0 Å². The minimum Gasteiger partial charge on any atom is -0.491 e. The van der Waals surface area contributed by atoms with Crippen LogP contribution in [0.2, 0.25) is 0 Å². The van der Waals surface area contributed by atoms with Gasteiger partial charge in [-0.15, -0.1) is 0 Å². The number of nitrogen functional groups attached to an aromatic ring is 1. The van der Waals surface area contributed by atoms with E-state index in [1.807, 2.05) is 23.8 Å². The summed E-state index contributed by atoms with van der Waals surface area (Å²) in [6, 6.07) is 6.98. The van der Waals surface area contributed by atoms with Gasteiger partial charge >= 0.3 is 0 Å². The molecule has 1 amide bonds. The van der Waals surface area contributed by atoms with E-state index in [2.05, 4.69) is 10.4 Å². The Bertz CT molecular complexity index is 565. The highest BCUT2D eigenvalue weighted by atomic mass is 16.5. The van der Waals surface area contributed by atoms with E-state index >= 15 is 0 Å². The van der Waals surface area contributed by atoms with Crippen LogP contribution in [0.15, 0.2) is 36.7 Å². The van der Waals surface area contributed by atoms with Crippen molar-refractivity contribution in [3.8, 4) is 5.75 Å². The number of benzene rings is 1. The lowest BCUT2D eigenvalue weighted by Gasteiger charge is -2.11. The fourth-order valence-corrected chi connectivity index (χ4v) is 1.75. The van der Waals surface area contributed by atoms with Gasteiger partial charge in [0.15, 0.2) is 0 Å². The number of nitrogens with two attached hydrogens (primary N) is 1. The van der Waals surface area contributed by atoms with E-state index in [-0.39, 0.29) is 5.91 Å². The maximum absolute atomic E-state index is 11.5. The van der Waals surface area contributed by atoms with Gasteiger partial charge in [0.2, 0.25) is 0 Å². The third kappa shape index (κ3) is 3.11. The smallest absolute Gasteiger partial charge is 0.268 e. The standard InChI is InChI=1S/C13H16N4O2/c1-10-15-6-7-17(10)8-9-19-12-5-3-2-4-11(12)13(18)16-14/h2-7H,8-9,14H2,1H3,(H,16,18). The lowest BCUT2D eigenvalue weighted by atomic mass is 10.2. The molecule has 0 unspecified atom stereocenters. The number of para-hydroxylation sites is 1. The van der Waals surface area contributed by atoms with E-state index in [0.717, 1.165) is 5.82 Å². The Morgan fingerprint density at radius 1 is 1.47 bits per heavy atom. The van der Waals surface area contributed by atoms with Crippen LogP contribution in [0.5, 0.6) is 5.75 Å². The second-order valence-corrected chi connectivity index (χ2v) is 3.99. The van der Waals surface area contributed by atoms with Crippen LogP contribution < -0.4 is 16.0 Å². The van der Waals surface area contributed by atoms with E-state index < -0.39 is 0 Å². The van der Waals surface area contributed by atoms with Gasteiger partial charge in [-0.1, -0.05) is 12.1 Å². The van der Waals surface area contributed by atoms with Crippen molar-refractivity contribution < 1.29 is 9.53 Å². The first-order valence-corrected chi connectivity index (χ1v) is 5.93. The highest BCUT2D eigenvalue weighted by Gasteiger charge is 2.10. The molecule has 1 heterocycles. The molecule has 0 saturated heterocycles. The average Bonchev–Trinajstić information content (AvgIpc) is 2.84. The van der Waals surface area contributed by atoms with Crippen molar-refractivity contribution in [2.45, 2.75) is 13.5 Å². The summed E-state index contributed by atoms with van der Waals surface area (Å²) in [5.74, 6) is 6.21. The van der Waals surface area contributed by atoms with Crippen molar-refractivity contribution in [3.63, 3.8) is 0 Å². The van der Waals surface area contributed by atoms with Gasteiger partial charge in [-0.3, -0.25) is 10.2 Å². The lowest BCUT2D eigenvalue weighted by Crippen LogP contribution is -2.30. The number of carbonyl (C=O) groups excluding carboxylic acids is 1. The Morgan fingerprint density at radius 2 is 2.26 bits per heavy atom. The normalized spacial score (nSPS) is 10.2. The molecule has 0 bridgehead atoms. The molecule has 0 saturated carbocycles. The van der Waals surface area contributed by atoms with Crippen LogP contribution in [-0.4, -0.2) is 22.1 Å². The molecule has 0 atom stereocenters. The van der Waals surface area contributed by atoms with Crippen LogP contribution in [0, 0.1) is 6.92 Å². The fraction of sp³-hybridized carbons (Fsp3) is 0.231. The van der Waals surface area contributed by atoms with Crippen LogP contribution in [0.25, 0.3) is 0 Å². The maximum Gasteiger partial charge on any atom is 0.268 e. The number of aromatic nitrogens is 2. The molecule has 0 fully saturated rings. The first-order valence-electron chi connectivity index (χ1n) is 5.93. The SMILES string of the molecule is Cc1nccn1CCOc1ccccc1C(=O)NN. The summed E-state index contributed by atoms with van der Waals surface area (Å²) < 4.78 is 7.60. The highest BCUT2D eigenvalue weighted by molar-refractivity contribution is 5.96. The van der Waals surface area contributed by atoms with E-state index in [4.69, 9.17) is 10.6 Å². The van der Waals surface area contributed by atoms with Crippen LogP contribution in [0.3, 0.4) is 0 Å². The van der Waals surface area contributed by atoms with E-state index in [0.29, 0.717) is 24.5 Å². The van der Waals surface area contributed by atoms with Gasteiger partial charge < -0.3 is 9.30 Å². The van der Waals surface area contributed by atoms with Gasteiger partial charge in [0, 0.05) is 12.4 Å². The summed E-state index contributed by atoms with van der Waals surface area (Å²) in [4.78, 5) is 15.7. The number of amides is 1. The molecule has 0 aliphatic carbocycles. The monoisotopic (exact) mass is 260 g/mol. The van der Waals surface area contributed by atoms with E-state index in [9.17, 15) is 4.79 Å². The molecule has 0 aliphatic heterocycles. The summed E-state index contributed by atoms with van der Waals surface area (Å²) in [5, 5.41) is 0. The number of nitrogens with one attached hydrogen (secondary N) is 1. The number of carbonyl (C=O) groups is 1. The average molecular weight is 260 g/mol. The summed E-state index contributed by atoms with van der Waals surface area (Å²) in [7, 11) is 0. The second kappa shape index (κ2) is 6.01. The summed E-state index contributed by atoms with van der Waals surface area (Å²) in [5.41, 5.74) is 2.52. The number of imidazole rings is 1. The number of aryl methyl sites for hydroxylation is 1. The second-order valence-electron chi connectivity index (χ2n) is 3.99. The Morgan fingerprint density at radius 3 is 2.95 bits per heavy atom. The van der Waals surface area contributed by atoms with Gasteiger partial charge in [0.05, 0.1) is 12.1 Å². The summed E-state index contributed by atoms with van der Waals surface area (Å²) in [6.45, 7) is 3.05. The minimum absolute atomic E-state index is 0.366. The molecule has 2 rings (SSSR count). The third-order valence-electron chi connectivity index (χ3n) is 2.78. The third-order valence-corrected chi connectivity index (χ3v) is 2.78. The highest BCUT2D eigenvalue weighted by Crippen LogP contribution is 2.17. The molecule has 6 nitrogen and oxygen atoms in total. The molecule has 3 N–H and O–H groups in total. The summed E-state index contributed by atoms with van der Waals surface area (Å²) in [6.07, 6.45) is 3.63. The van der Waals surface area contributed by atoms with Crippen LogP contribution >= 0.6 is 0 Å². The zero-order chi connectivity index (χ0) is 13.7. The van der Waals surface area contributed by atoms with Gasteiger partial charge in [-0.2, -0.15) is 0 Å². The first-order chi connectivity index (χ1) is 9.22. The molecule has 19 heavy (non-hydrogen) atoms. The predicted octanol–water partition coefficient (Wildman–Crippen LogP) is 0.874. The summed E-state index contributed by atoms with van der Waals surface area (Å²) >= 11 is 0. The van der Waals surface area contributed by atoms with Gasteiger partial charge in [0.1, 0.15) is 18.2 Å². The Hall–Kier alpha value is -2.34. The van der Waals surface area contributed by atoms with Crippen LogP contribution in [0.4, 0.5) is 0 Å². The van der Waals surface area contributed by atoms with Crippen molar-refractivity contribution in [2.75, 3.05) is 6.61 Å². The molecule has 2 aromatic rings. The molecular weight excluding hydrogens is 244 g/mol. The maximum atomic E-state index is 11.5. The van der Waals surface area contributed by atoms with Crippen LogP contribution in [0.1, 0.15) is 16.2 Å². The minimum atomic E-state index is -0.366. The van der Waals surface area contributed by atoms with Gasteiger partial charge in [0.25, 0.3) is 5.91 Å². The molecule has 1 aromatic heterocycles. The molecule has 0 radical (unpaired) electrons. The van der Waals surface area contributed by atoms with Crippen molar-refractivity contribution in [1.29, 1.82) is 0 Å². The topological polar surface area (TPSA) is 82.2 Å². The molecule has 1 aromatic carbocycles. The molecular formula is C13H16N4O2. The lowest BCUT2D eigenvalue weighted by molar-refractivity contribution is 0.0949. The zero-order valence-corrected chi connectivity index (χ0v) is 10.7. The Balaban J connectivity index is 2.00. The predicted molar refractivity (Wildman–Crippen MR) is 70.6 cm³/mol. The van der Waals surface area contributed by atoms with Crippen molar-refractivity contribution in [3.05, 3.63) is 48.0 Å². The van der Waals surface area contributed by atoms with Crippen LogP contribution in [-0.2, 0) is 6.54 Å².